The normalized spacial score (nSPS) is 18.0. The molecule has 0 bridgehead atoms. The summed E-state index contributed by atoms with van der Waals surface area (Å²) in [5, 5.41) is 5.44. The first-order chi connectivity index (χ1) is 16.9. The van der Waals surface area contributed by atoms with E-state index in [1.165, 1.54) is 4.90 Å². The second-order valence-corrected chi connectivity index (χ2v) is 10.00. The van der Waals surface area contributed by atoms with Crippen LogP contribution in [-0.2, 0) is 20.8 Å². The number of rotatable bonds is 8. The number of amidine groups is 1. The number of carbonyl (C=O) groups excluding carboxylic acids is 3. The van der Waals surface area contributed by atoms with Gasteiger partial charge >= 0.3 is 0 Å². The zero-order valence-corrected chi connectivity index (χ0v) is 21.1. The van der Waals surface area contributed by atoms with Crippen LogP contribution < -0.4 is 10.6 Å². The molecule has 0 saturated carbocycles. The van der Waals surface area contributed by atoms with E-state index in [0.717, 1.165) is 23.8 Å². The highest BCUT2D eigenvalue weighted by Crippen LogP contribution is 2.25. The van der Waals surface area contributed by atoms with E-state index in [9.17, 15) is 23.2 Å². The van der Waals surface area contributed by atoms with Crippen LogP contribution in [0.3, 0.4) is 0 Å². The zero-order chi connectivity index (χ0) is 26.6. The van der Waals surface area contributed by atoms with Crippen LogP contribution in [0.15, 0.2) is 53.5 Å². The Morgan fingerprint density at radius 2 is 1.69 bits per heavy atom. The fourth-order valence-electron chi connectivity index (χ4n) is 4.19. The molecule has 1 aliphatic rings. The molecular formula is C27H32F2N4O3. The Bertz CT molecular complexity index is 1140. The van der Waals surface area contributed by atoms with Gasteiger partial charge in [-0.05, 0) is 43.9 Å². The van der Waals surface area contributed by atoms with Gasteiger partial charge in [0.25, 0.3) is 5.91 Å². The van der Waals surface area contributed by atoms with Crippen LogP contribution in [0.1, 0.15) is 45.2 Å². The maximum Gasteiger partial charge on any atom is 0.252 e. The van der Waals surface area contributed by atoms with Gasteiger partial charge in [0.05, 0.1) is 12.0 Å². The lowest BCUT2D eigenvalue weighted by atomic mass is 9.90. The van der Waals surface area contributed by atoms with Gasteiger partial charge in [0.15, 0.2) is 0 Å². The number of likely N-dealkylation sites (N-methyl/N-ethyl adjacent to an activating group) is 1. The van der Waals surface area contributed by atoms with Crippen molar-refractivity contribution < 1.29 is 23.2 Å². The van der Waals surface area contributed by atoms with Crippen LogP contribution in [-0.4, -0.2) is 53.1 Å². The van der Waals surface area contributed by atoms with E-state index in [1.807, 2.05) is 44.2 Å². The van der Waals surface area contributed by atoms with Gasteiger partial charge in [-0.2, -0.15) is 0 Å². The number of benzene rings is 2. The number of aliphatic imine (C=N–C) groups is 1. The molecule has 0 saturated heterocycles. The van der Waals surface area contributed by atoms with Gasteiger partial charge in [-0.1, -0.05) is 44.2 Å². The van der Waals surface area contributed by atoms with Crippen molar-refractivity contribution in [3.63, 3.8) is 0 Å². The maximum absolute atomic E-state index is 13.5. The van der Waals surface area contributed by atoms with Gasteiger partial charge in [0, 0.05) is 18.7 Å². The van der Waals surface area contributed by atoms with Crippen molar-refractivity contribution in [3.05, 3.63) is 71.3 Å². The molecule has 2 aromatic rings. The average Bonchev–Trinajstić information content (AvgIpc) is 2.78. The summed E-state index contributed by atoms with van der Waals surface area (Å²) < 4.78 is 27.0. The van der Waals surface area contributed by atoms with Crippen LogP contribution in [0.5, 0.6) is 0 Å². The second-order valence-electron chi connectivity index (χ2n) is 10.00. The molecule has 1 unspecified atom stereocenters. The number of nitrogens with zero attached hydrogens (tertiary/aromatic N) is 2. The predicted octanol–water partition coefficient (Wildman–Crippen LogP) is 3.22. The van der Waals surface area contributed by atoms with Crippen LogP contribution in [0, 0.1) is 17.6 Å². The Kier molecular flexibility index (Phi) is 8.22. The molecule has 0 radical (unpaired) electrons. The Morgan fingerprint density at radius 3 is 2.28 bits per heavy atom. The summed E-state index contributed by atoms with van der Waals surface area (Å²) in [4.78, 5) is 45.4. The topological polar surface area (TPSA) is 90.9 Å². The molecule has 7 nitrogen and oxygen atoms in total. The lowest BCUT2D eigenvalue weighted by Gasteiger charge is -2.40. The number of hydrogen-bond acceptors (Lipinski definition) is 4. The summed E-state index contributed by atoms with van der Waals surface area (Å²) in [6.07, 6.45) is 0.0165. The molecule has 2 N–H and O–H groups in total. The van der Waals surface area contributed by atoms with E-state index in [0.29, 0.717) is 12.3 Å². The minimum Gasteiger partial charge on any atom is -0.344 e. The van der Waals surface area contributed by atoms with Gasteiger partial charge in [-0.15, -0.1) is 0 Å². The molecule has 9 heteroatoms. The lowest BCUT2D eigenvalue weighted by molar-refractivity contribution is -0.136. The summed E-state index contributed by atoms with van der Waals surface area (Å²) in [7, 11) is 1.61. The molecule has 3 rings (SSSR count). The molecular weight excluding hydrogens is 466 g/mol. The number of hydrogen-bond donors (Lipinski definition) is 2. The molecule has 2 atom stereocenters. The molecule has 36 heavy (non-hydrogen) atoms. The van der Waals surface area contributed by atoms with Crippen molar-refractivity contribution in [1.29, 1.82) is 0 Å². The minimum absolute atomic E-state index is 0.0492. The monoisotopic (exact) mass is 498 g/mol. The Hall–Kier alpha value is -3.62. The molecule has 0 fully saturated rings. The van der Waals surface area contributed by atoms with Gasteiger partial charge in [-0.25, -0.2) is 8.78 Å². The van der Waals surface area contributed by atoms with Crippen molar-refractivity contribution in [3.8, 4) is 0 Å². The summed E-state index contributed by atoms with van der Waals surface area (Å²) in [5.74, 6) is -2.43. The zero-order valence-electron chi connectivity index (χ0n) is 21.1. The van der Waals surface area contributed by atoms with E-state index >= 15 is 0 Å². The van der Waals surface area contributed by atoms with Gasteiger partial charge < -0.3 is 10.6 Å². The third-order valence-corrected chi connectivity index (χ3v) is 5.96. The van der Waals surface area contributed by atoms with E-state index in [4.69, 9.17) is 4.99 Å². The summed E-state index contributed by atoms with van der Waals surface area (Å²) in [6, 6.07) is 10.3. The summed E-state index contributed by atoms with van der Waals surface area (Å²) in [6.45, 7) is 7.32. The SMILES string of the molecule is CC(C)C[C@H](NC(=O)Cc1cc(F)cc(F)c1)C(=O)NC1C(=O)N(C)C(c2ccccc2)=NC1(C)C. The molecule has 0 aromatic heterocycles. The number of carbonyl (C=O) groups is 3. The second kappa shape index (κ2) is 11.0. The van der Waals surface area contributed by atoms with Crippen molar-refractivity contribution >= 4 is 23.6 Å². The Morgan fingerprint density at radius 1 is 1.08 bits per heavy atom. The molecule has 192 valence electrons. The number of nitrogens with one attached hydrogen (secondary N) is 2. The summed E-state index contributed by atoms with van der Waals surface area (Å²) in [5.41, 5.74) is -0.0118. The molecule has 3 amide bonds. The van der Waals surface area contributed by atoms with Gasteiger partial charge in [0.1, 0.15) is 29.6 Å². The highest BCUT2D eigenvalue weighted by atomic mass is 19.1. The van der Waals surface area contributed by atoms with E-state index in [1.54, 1.807) is 20.9 Å². The smallest absolute Gasteiger partial charge is 0.252 e. The highest BCUT2D eigenvalue weighted by Gasteiger charge is 2.44. The van der Waals surface area contributed by atoms with Crippen molar-refractivity contribution in [1.82, 2.24) is 15.5 Å². The van der Waals surface area contributed by atoms with Crippen LogP contribution in [0.2, 0.25) is 0 Å². The number of amides is 3. The fourth-order valence-corrected chi connectivity index (χ4v) is 4.19. The number of halogens is 2. The van der Waals surface area contributed by atoms with Crippen molar-refractivity contribution in [2.45, 2.75) is 58.2 Å². The average molecular weight is 499 g/mol. The van der Waals surface area contributed by atoms with Gasteiger partial charge in [-0.3, -0.25) is 24.3 Å². The first kappa shape index (κ1) is 27.0. The van der Waals surface area contributed by atoms with Gasteiger partial charge in [0.2, 0.25) is 11.8 Å². The third kappa shape index (κ3) is 6.53. The third-order valence-electron chi connectivity index (χ3n) is 5.96. The van der Waals surface area contributed by atoms with E-state index < -0.39 is 41.1 Å². The predicted molar refractivity (Wildman–Crippen MR) is 133 cm³/mol. The minimum atomic E-state index is -0.952. The van der Waals surface area contributed by atoms with E-state index in [2.05, 4.69) is 10.6 Å². The Balaban J connectivity index is 1.77. The van der Waals surface area contributed by atoms with Crippen molar-refractivity contribution in [2.24, 2.45) is 10.9 Å². The van der Waals surface area contributed by atoms with E-state index in [-0.39, 0.29) is 23.8 Å². The maximum atomic E-state index is 13.5. The first-order valence-electron chi connectivity index (χ1n) is 11.8. The molecule has 0 spiro atoms. The lowest BCUT2D eigenvalue weighted by Crippen LogP contribution is -2.64. The standard InChI is InChI=1S/C27H32F2N4O3/c1-16(2)11-21(30-22(34)14-17-12-19(28)15-20(29)13-17)25(35)31-23-26(36)33(5)24(32-27(23,3)4)18-9-7-6-8-10-18/h6-10,12-13,15-16,21,23H,11,14H2,1-5H3,(H,30,34)(H,31,35)/t21-,23?/m0/s1. The molecule has 1 aliphatic heterocycles. The van der Waals surface area contributed by atoms with Crippen LogP contribution >= 0.6 is 0 Å². The summed E-state index contributed by atoms with van der Waals surface area (Å²) >= 11 is 0. The van der Waals surface area contributed by atoms with Crippen LogP contribution in [0.4, 0.5) is 8.78 Å². The fraction of sp³-hybridized carbons (Fsp3) is 0.407. The van der Waals surface area contributed by atoms with Crippen molar-refractivity contribution in [2.75, 3.05) is 7.05 Å². The molecule has 1 heterocycles. The van der Waals surface area contributed by atoms with Crippen LogP contribution in [0.25, 0.3) is 0 Å². The largest absolute Gasteiger partial charge is 0.344 e. The first-order valence-corrected chi connectivity index (χ1v) is 11.8. The molecule has 0 aliphatic carbocycles. The quantitative estimate of drug-likeness (QED) is 0.586. The molecule has 2 aromatic carbocycles. The Labute approximate surface area is 210 Å². The highest BCUT2D eigenvalue weighted by molar-refractivity contribution is 6.11.